The Bertz CT molecular complexity index is 631. The van der Waals surface area contributed by atoms with Gasteiger partial charge in [0.25, 0.3) is 0 Å². The van der Waals surface area contributed by atoms with Gasteiger partial charge in [-0.05, 0) is 36.2 Å². The molecule has 1 N–H and O–H groups in total. The van der Waals surface area contributed by atoms with Crippen LogP contribution in [-0.4, -0.2) is 29.8 Å². The van der Waals surface area contributed by atoms with E-state index in [0.29, 0.717) is 16.8 Å². The summed E-state index contributed by atoms with van der Waals surface area (Å²) >= 11 is 7.71. The van der Waals surface area contributed by atoms with Gasteiger partial charge in [-0.1, -0.05) is 23.7 Å². The number of carbonyl (C=O) groups excluding carboxylic acids is 1. The van der Waals surface area contributed by atoms with Crippen molar-refractivity contribution in [1.29, 1.82) is 0 Å². The van der Waals surface area contributed by atoms with Crippen molar-refractivity contribution in [2.45, 2.75) is 18.2 Å². The van der Waals surface area contributed by atoms with Crippen LogP contribution in [0.4, 0.5) is 4.79 Å². The highest BCUT2D eigenvalue weighted by molar-refractivity contribution is 7.99. The van der Waals surface area contributed by atoms with E-state index < -0.39 is 0 Å². The topological polar surface area (TPSA) is 45.5 Å². The summed E-state index contributed by atoms with van der Waals surface area (Å²) in [5.74, 6) is 1.91. The molecule has 1 atom stereocenters. The van der Waals surface area contributed by atoms with E-state index >= 15 is 0 Å². The highest BCUT2D eigenvalue weighted by Gasteiger charge is 2.23. The van der Waals surface area contributed by atoms with Crippen LogP contribution in [-0.2, 0) is 6.54 Å². The van der Waals surface area contributed by atoms with E-state index in [9.17, 15) is 4.79 Å². The zero-order valence-electron chi connectivity index (χ0n) is 12.7. The van der Waals surface area contributed by atoms with Gasteiger partial charge in [-0.2, -0.15) is 0 Å². The molecule has 0 radical (unpaired) electrons. The van der Waals surface area contributed by atoms with Gasteiger partial charge in [0, 0.05) is 30.4 Å². The number of furan rings is 1. The minimum Gasteiger partial charge on any atom is -0.468 e. The molecule has 0 aliphatic carbocycles. The van der Waals surface area contributed by atoms with E-state index in [1.54, 1.807) is 6.26 Å². The molecule has 2 amide bonds. The monoisotopic (exact) mass is 350 g/mol. The van der Waals surface area contributed by atoms with E-state index in [-0.39, 0.29) is 6.03 Å². The normalized spacial score (nSPS) is 18.5. The number of urea groups is 1. The minimum atomic E-state index is -0.0133. The van der Waals surface area contributed by atoms with Crippen molar-refractivity contribution in [3.05, 3.63) is 59.0 Å². The summed E-state index contributed by atoms with van der Waals surface area (Å²) < 4.78 is 5.49. The lowest BCUT2D eigenvalue weighted by Crippen LogP contribution is -2.40. The second-order valence-corrected chi connectivity index (χ2v) is 7.18. The van der Waals surface area contributed by atoms with Gasteiger partial charge in [0.1, 0.15) is 5.76 Å². The maximum absolute atomic E-state index is 12.3. The van der Waals surface area contributed by atoms with E-state index in [4.69, 9.17) is 16.0 Å². The highest BCUT2D eigenvalue weighted by atomic mass is 35.5. The van der Waals surface area contributed by atoms with Crippen molar-refractivity contribution in [2.75, 3.05) is 18.8 Å². The smallest absolute Gasteiger partial charge is 0.317 e. The molecule has 1 aliphatic rings. The Morgan fingerprint density at radius 3 is 2.87 bits per heavy atom. The molecule has 0 saturated carbocycles. The fourth-order valence-corrected chi connectivity index (χ4v) is 3.87. The molecule has 122 valence electrons. The lowest BCUT2D eigenvalue weighted by molar-refractivity contribution is 0.200. The molecule has 1 aliphatic heterocycles. The van der Waals surface area contributed by atoms with Crippen LogP contribution in [0.25, 0.3) is 0 Å². The average molecular weight is 351 g/mol. The summed E-state index contributed by atoms with van der Waals surface area (Å²) in [5.41, 5.74) is 1.04. The van der Waals surface area contributed by atoms with Crippen LogP contribution in [0.1, 0.15) is 23.0 Å². The van der Waals surface area contributed by atoms with Crippen LogP contribution >= 0.6 is 23.4 Å². The molecule has 6 heteroatoms. The third kappa shape index (κ3) is 4.45. The Morgan fingerprint density at radius 2 is 2.13 bits per heavy atom. The molecule has 1 aromatic carbocycles. The summed E-state index contributed by atoms with van der Waals surface area (Å²) in [5, 5.41) is 4.01. The van der Waals surface area contributed by atoms with Crippen molar-refractivity contribution in [1.82, 2.24) is 10.2 Å². The van der Waals surface area contributed by atoms with E-state index in [2.05, 4.69) is 5.32 Å². The molecule has 0 bridgehead atoms. The van der Waals surface area contributed by atoms with Gasteiger partial charge in [-0.25, -0.2) is 4.79 Å². The van der Waals surface area contributed by atoms with Gasteiger partial charge in [0.15, 0.2) is 0 Å². The number of thioether (sulfide) groups is 1. The molecule has 2 heterocycles. The quantitative estimate of drug-likeness (QED) is 0.896. The largest absolute Gasteiger partial charge is 0.468 e. The maximum Gasteiger partial charge on any atom is 0.317 e. The van der Waals surface area contributed by atoms with Crippen molar-refractivity contribution >= 4 is 29.4 Å². The van der Waals surface area contributed by atoms with Crippen molar-refractivity contribution in [3.8, 4) is 0 Å². The molecule has 23 heavy (non-hydrogen) atoms. The molecular formula is C17H19ClN2O2S. The van der Waals surface area contributed by atoms with E-state index in [1.807, 2.05) is 53.1 Å². The Balaban J connectivity index is 1.50. The predicted molar refractivity (Wildman–Crippen MR) is 93.8 cm³/mol. The third-order valence-electron chi connectivity index (χ3n) is 3.85. The second kappa shape index (κ2) is 7.79. The van der Waals surface area contributed by atoms with Crippen LogP contribution in [0, 0.1) is 0 Å². The number of benzene rings is 1. The fraction of sp³-hybridized carbons (Fsp3) is 0.353. The fourth-order valence-electron chi connectivity index (χ4n) is 2.57. The van der Waals surface area contributed by atoms with Gasteiger partial charge >= 0.3 is 6.03 Å². The Kier molecular flexibility index (Phi) is 5.51. The first-order valence-electron chi connectivity index (χ1n) is 7.64. The number of hydrogen-bond acceptors (Lipinski definition) is 3. The molecule has 4 nitrogen and oxygen atoms in total. The summed E-state index contributed by atoms with van der Waals surface area (Å²) in [6, 6.07) is 11.4. The van der Waals surface area contributed by atoms with Gasteiger partial charge < -0.3 is 14.6 Å². The number of halogens is 1. The van der Waals surface area contributed by atoms with Gasteiger partial charge in [-0.15, -0.1) is 11.8 Å². The first-order valence-corrected chi connectivity index (χ1v) is 9.07. The zero-order valence-corrected chi connectivity index (χ0v) is 14.3. The second-order valence-electron chi connectivity index (χ2n) is 5.44. The first kappa shape index (κ1) is 16.3. The molecule has 1 fully saturated rings. The van der Waals surface area contributed by atoms with E-state index in [0.717, 1.165) is 36.6 Å². The predicted octanol–water partition coefficient (Wildman–Crippen LogP) is 4.32. The molecule has 0 unspecified atom stereocenters. The lowest BCUT2D eigenvalue weighted by Gasteiger charge is -2.20. The minimum absolute atomic E-state index is 0.0133. The molecule has 1 aromatic heterocycles. The van der Waals surface area contributed by atoms with Crippen LogP contribution < -0.4 is 5.32 Å². The Morgan fingerprint density at radius 1 is 1.30 bits per heavy atom. The number of nitrogens with one attached hydrogen (secondary N) is 1. The maximum atomic E-state index is 12.3. The SMILES string of the molecule is O=C(NCc1ccc(Cl)cc1)N1CCS[C@H](c2ccco2)CC1. The van der Waals surface area contributed by atoms with Crippen LogP contribution in [0.3, 0.4) is 0 Å². The van der Waals surface area contributed by atoms with Gasteiger partial charge in [-0.3, -0.25) is 0 Å². The highest BCUT2D eigenvalue weighted by Crippen LogP contribution is 2.34. The number of rotatable bonds is 3. The summed E-state index contributed by atoms with van der Waals surface area (Å²) in [7, 11) is 0. The molecular weight excluding hydrogens is 332 g/mol. The van der Waals surface area contributed by atoms with Crippen LogP contribution in [0.5, 0.6) is 0 Å². The van der Waals surface area contributed by atoms with Gasteiger partial charge in [0.2, 0.25) is 0 Å². The zero-order chi connectivity index (χ0) is 16.1. The Labute approximate surface area is 145 Å². The first-order chi connectivity index (χ1) is 11.2. The van der Waals surface area contributed by atoms with Crippen molar-refractivity contribution < 1.29 is 9.21 Å². The van der Waals surface area contributed by atoms with Gasteiger partial charge in [0.05, 0.1) is 11.5 Å². The number of amides is 2. The van der Waals surface area contributed by atoms with Crippen molar-refractivity contribution in [2.24, 2.45) is 0 Å². The molecule has 0 spiro atoms. The number of hydrogen-bond donors (Lipinski definition) is 1. The molecule has 1 saturated heterocycles. The van der Waals surface area contributed by atoms with Crippen LogP contribution in [0.15, 0.2) is 47.1 Å². The summed E-state index contributed by atoms with van der Waals surface area (Å²) in [4.78, 5) is 14.2. The molecule has 2 aromatic rings. The van der Waals surface area contributed by atoms with Crippen molar-refractivity contribution in [3.63, 3.8) is 0 Å². The standard InChI is InChI=1S/C17H19ClN2O2S/c18-14-5-3-13(4-6-14)12-19-17(21)20-8-7-16(23-11-9-20)15-2-1-10-22-15/h1-6,10,16H,7-9,11-12H2,(H,19,21)/t16-/m0/s1. The Hall–Kier alpha value is -1.59. The summed E-state index contributed by atoms with van der Waals surface area (Å²) in [6.07, 6.45) is 2.62. The number of carbonyl (C=O) groups is 1. The number of nitrogens with zero attached hydrogens (tertiary/aromatic N) is 1. The molecule has 3 rings (SSSR count). The average Bonchev–Trinajstić information content (AvgIpc) is 2.98. The summed E-state index contributed by atoms with van der Waals surface area (Å²) in [6.45, 7) is 2.01. The lowest BCUT2D eigenvalue weighted by atomic mass is 10.2. The third-order valence-corrected chi connectivity index (χ3v) is 5.39. The van der Waals surface area contributed by atoms with Crippen LogP contribution in [0.2, 0.25) is 5.02 Å². The van der Waals surface area contributed by atoms with E-state index in [1.165, 1.54) is 0 Å².